The molecule has 2 heterocycles. The number of aliphatic hydroxyl groups excluding tert-OH is 8. The van der Waals surface area contributed by atoms with Gasteiger partial charge in [-0.15, -0.1) is 0 Å². The molecule has 0 aromatic rings. The molecule has 2 aliphatic heterocycles. The molecule has 0 saturated carbocycles. The molecule has 1 amide bonds. The fraction of sp³-hybridized carbons (Fsp3) is 0.908. The Morgan fingerprint density at radius 1 is 0.389 bits per heavy atom. The number of ether oxygens (including phenoxy) is 4. The van der Waals surface area contributed by atoms with Crippen molar-refractivity contribution in [1.82, 2.24) is 5.32 Å². The molecule has 0 aliphatic carbocycles. The summed E-state index contributed by atoms with van der Waals surface area (Å²) in [5, 5.41) is 87.5. The number of allylic oxidation sites excluding steroid dienone is 5. The first-order valence-corrected chi connectivity index (χ1v) is 38.2. The minimum absolute atomic E-state index is 0.246. The van der Waals surface area contributed by atoms with Crippen LogP contribution in [0.2, 0.25) is 0 Å². The van der Waals surface area contributed by atoms with E-state index in [2.05, 4.69) is 43.5 Å². The van der Waals surface area contributed by atoms with Crippen molar-refractivity contribution in [3.63, 3.8) is 0 Å². The molecule has 14 heteroatoms. The van der Waals surface area contributed by atoms with E-state index in [1.807, 2.05) is 6.08 Å². The van der Waals surface area contributed by atoms with Gasteiger partial charge in [-0.1, -0.05) is 333 Å². The maximum Gasteiger partial charge on any atom is 0.220 e. The molecule has 2 fully saturated rings. The van der Waals surface area contributed by atoms with E-state index < -0.39 is 86.8 Å². The average molecular weight is 1280 g/mol. The van der Waals surface area contributed by atoms with E-state index in [1.54, 1.807) is 6.08 Å². The number of rotatable bonds is 64. The van der Waals surface area contributed by atoms with Gasteiger partial charge >= 0.3 is 0 Å². The summed E-state index contributed by atoms with van der Waals surface area (Å²) in [5.74, 6) is -0.246. The smallest absolute Gasteiger partial charge is 0.220 e. The summed E-state index contributed by atoms with van der Waals surface area (Å²) in [5.41, 5.74) is 0. The summed E-state index contributed by atoms with van der Waals surface area (Å²) < 4.78 is 22.9. The fourth-order valence-electron chi connectivity index (χ4n) is 12.7. The van der Waals surface area contributed by atoms with Gasteiger partial charge in [0.25, 0.3) is 0 Å². The molecule has 90 heavy (non-hydrogen) atoms. The van der Waals surface area contributed by atoms with Crippen LogP contribution >= 0.6 is 0 Å². The molecular weight excluding hydrogens is 1130 g/mol. The predicted molar refractivity (Wildman–Crippen MR) is 369 cm³/mol. The van der Waals surface area contributed by atoms with Gasteiger partial charge in [0.05, 0.1) is 32.0 Å². The molecular formula is C76H143NO13. The lowest BCUT2D eigenvalue weighted by Crippen LogP contribution is -2.65. The molecule has 2 rings (SSSR count). The van der Waals surface area contributed by atoms with Gasteiger partial charge in [0.15, 0.2) is 12.6 Å². The summed E-state index contributed by atoms with van der Waals surface area (Å²) in [7, 11) is 0. The largest absolute Gasteiger partial charge is 0.394 e. The van der Waals surface area contributed by atoms with Crippen molar-refractivity contribution in [3.05, 3.63) is 36.5 Å². The first-order chi connectivity index (χ1) is 44.1. The molecule has 0 aromatic carbocycles. The normalized spacial score (nSPS) is 23.0. The first kappa shape index (κ1) is 84.3. The van der Waals surface area contributed by atoms with Crippen LogP contribution in [-0.2, 0) is 23.7 Å². The fourth-order valence-corrected chi connectivity index (χ4v) is 12.7. The number of nitrogens with one attached hydrogen (secondary N) is 1. The molecule has 2 aliphatic rings. The Bertz CT molecular complexity index is 1650. The van der Waals surface area contributed by atoms with Gasteiger partial charge in [0, 0.05) is 6.42 Å². The zero-order valence-corrected chi connectivity index (χ0v) is 57.9. The lowest BCUT2D eigenvalue weighted by molar-refractivity contribution is -0.359. The maximum atomic E-state index is 13.3. The highest BCUT2D eigenvalue weighted by Gasteiger charge is 2.51. The Hall–Kier alpha value is -1.79. The van der Waals surface area contributed by atoms with E-state index in [9.17, 15) is 45.6 Å². The van der Waals surface area contributed by atoms with Crippen LogP contribution in [0.15, 0.2) is 36.5 Å². The Balaban J connectivity index is 1.66. The van der Waals surface area contributed by atoms with Gasteiger partial charge in [-0.2, -0.15) is 0 Å². The van der Waals surface area contributed by atoms with Crippen LogP contribution in [0.25, 0.3) is 0 Å². The molecule has 2 saturated heterocycles. The molecule has 12 unspecified atom stereocenters. The van der Waals surface area contributed by atoms with Crippen LogP contribution in [-0.4, -0.2) is 140 Å². The molecule has 12 atom stereocenters. The maximum absolute atomic E-state index is 13.3. The second-order valence-electron chi connectivity index (χ2n) is 27.1. The molecule has 14 nitrogen and oxygen atoms in total. The SMILES string of the molecule is CCCCCCCCCCCCCCCCCCCCCCCCC/C=C/CC/C=C/CC/C=C/C(O)C(COC1OC(CO)C(OC2OC(CO)C(O)C(O)C2O)C(O)C1O)NC(=O)CCCCCCCCCCCCCCCCCCCCCCCCC. The Morgan fingerprint density at radius 3 is 1.09 bits per heavy atom. The van der Waals surface area contributed by atoms with Crippen molar-refractivity contribution in [2.75, 3.05) is 19.8 Å². The highest BCUT2D eigenvalue weighted by Crippen LogP contribution is 2.30. The van der Waals surface area contributed by atoms with Crippen LogP contribution in [0.5, 0.6) is 0 Å². The summed E-state index contributed by atoms with van der Waals surface area (Å²) in [6, 6.07) is -0.937. The van der Waals surface area contributed by atoms with Gasteiger partial charge in [-0.3, -0.25) is 4.79 Å². The minimum Gasteiger partial charge on any atom is -0.394 e. The van der Waals surface area contributed by atoms with Crippen molar-refractivity contribution < 1.29 is 64.6 Å². The topological polar surface area (TPSA) is 228 Å². The van der Waals surface area contributed by atoms with E-state index in [0.29, 0.717) is 12.8 Å². The summed E-state index contributed by atoms with van der Waals surface area (Å²) in [4.78, 5) is 13.3. The van der Waals surface area contributed by atoms with Gasteiger partial charge in [-0.05, 0) is 44.9 Å². The Labute approximate surface area is 551 Å². The minimum atomic E-state index is -1.79. The quantitative estimate of drug-likeness (QED) is 0.0204. The van der Waals surface area contributed by atoms with E-state index in [4.69, 9.17) is 18.9 Å². The van der Waals surface area contributed by atoms with Crippen molar-refractivity contribution in [2.24, 2.45) is 0 Å². The van der Waals surface area contributed by atoms with E-state index in [-0.39, 0.29) is 18.9 Å². The zero-order chi connectivity index (χ0) is 65.2. The third-order valence-corrected chi connectivity index (χ3v) is 18.8. The lowest BCUT2D eigenvalue weighted by atomic mass is 9.97. The van der Waals surface area contributed by atoms with Gasteiger partial charge in [0.2, 0.25) is 5.91 Å². The van der Waals surface area contributed by atoms with Gasteiger partial charge in [-0.25, -0.2) is 0 Å². The van der Waals surface area contributed by atoms with Crippen LogP contribution in [0.4, 0.5) is 0 Å². The molecule has 0 radical (unpaired) electrons. The molecule has 9 N–H and O–H groups in total. The predicted octanol–water partition coefficient (Wildman–Crippen LogP) is 16.5. The van der Waals surface area contributed by atoms with Crippen LogP contribution in [0, 0.1) is 0 Å². The highest BCUT2D eigenvalue weighted by molar-refractivity contribution is 5.76. The number of hydrogen-bond acceptors (Lipinski definition) is 13. The molecule has 530 valence electrons. The first-order valence-electron chi connectivity index (χ1n) is 38.2. The van der Waals surface area contributed by atoms with Crippen LogP contribution in [0.3, 0.4) is 0 Å². The van der Waals surface area contributed by atoms with Gasteiger partial charge < -0.3 is 65.1 Å². The monoisotopic (exact) mass is 1280 g/mol. The third kappa shape index (κ3) is 44.0. The number of hydrogen-bond donors (Lipinski definition) is 9. The summed E-state index contributed by atoms with van der Waals surface area (Å²) >= 11 is 0. The number of carbonyl (C=O) groups excluding carboxylic acids is 1. The van der Waals surface area contributed by atoms with E-state index in [1.165, 1.54) is 270 Å². The zero-order valence-electron chi connectivity index (χ0n) is 57.9. The Kier molecular flexibility index (Phi) is 57.0. The van der Waals surface area contributed by atoms with Crippen molar-refractivity contribution in [1.29, 1.82) is 0 Å². The number of carbonyl (C=O) groups is 1. The number of aliphatic hydroxyl groups is 8. The van der Waals surface area contributed by atoms with Crippen LogP contribution in [0.1, 0.15) is 348 Å². The Morgan fingerprint density at radius 2 is 0.711 bits per heavy atom. The number of unbranched alkanes of at least 4 members (excludes halogenated alkanes) is 47. The van der Waals surface area contributed by atoms with Crippen molar-refractivity contribution in [2.45, 2.75) is 421 Å². The van der Waals surface area contributed by atoms with Crippen LogP contribution < -0.4 is 5.32 Å². The second-order valence-corrected chi connectivity index (χ2v) is 27.1. The van der Waals surface area contributed by atoms with E-state index in [0.717, 1.165) is 44.9 Å². The third-order valence-electron chi connectivity index (χ3n) is 18.8. The number of amides is 1. The lowest BCUT2D eigenvalue weighted by Gasteiger charge is -2.46. The summed E-state index contributed by atoms with van der Waals surface area (Å²) in [6.45, 7) is 2.84. The summed E-state index contributed by atoms with van der Waals surface area (Å²) in [6.07, 6.45) is 62.3. The molecule has 0 spiro atoms. The molecule has 0 bridgehead atoms. The highest BCUT2D eigenvalue weighted by atomic mass is 16.7. The standard InChI is InChI=1S/C76H143NO13/c1-3-5-7-9-11-13-15-17-19-21-23-25-27-28-29-30-31-32-33-34-35-36-38-39-41-43-45-47-49-51-53-55-57-59-65(80)64(63-87-75-73(86)71(84)74(67(62-79)89-75)90-76-72(85)70(83)69(82)66(61-78)88-76)77-68(81)60-58-56-54-52-50-48-46-44-42-40-37-26-24-22-20-18-16-14-12-10-8-6-4-2/h41,43,49,51,57,59,64-67,69-76,78-80,82-86H,3-40,42,44-48,50,52-56,58,60-63H2,1-2H3,(H,77,81)/b43-41+,51-49+,59-57+. The average Bonchev–Trinajstić information content (AvgIpc) is 1.29. The molecule has 0 aromatic heterocycles. The van der Waals surface area contributed by atoms with Crippen molar-refractivity contribution in [3.8, 4) is 0 Å². The van der Waals surface area contributed by atoms with Crippen molar-refractivity contribution >= 4 is 5.91 Å². The van der Waals surface area contributed by atoms with E-state index >= 15 is 0 Å². The van der Waals surface area contributed by atoms with Gasteiger partial charge in [0.1, 0.15) is 48.8 Å². The second kappa shape index (κ2) is 60.8.